The van der Waals surface area contributed by atoms with Gasteiger partial charge in [0.05, 0.1) is 11.5 Å². The lowest BCUT2D eigenvalue weighted by atomic mass is 9.86. The van der Waals surface area contributed by atoms with Gasteiger partial charge >= 0.3 is 0 Å². The minimum absolute atomic E-state index is 0.106. The van der Waals surface area contributed by atoms with Gasteiger partial charge in [-0.3, -0.25) is 10.1 Å². The Hall–Kier alpha value is -1.58. The van der Waals surface area contributed by atoms with Crippen molar-refractivity contribution in [1.82, 2.24) is 0 Å². The van der Waals surface area contributed by atoms with Crippen molar-refractivity contribution in [2.45, 2.75) is 51.4 Å². The van der Waals surface area contributed by atoms with Crippen molar-refractivity contribution in [2.75, 3.05) is 6.61 Å². The standard InChI is InChI=1S/C16H23NO3/c18-17(19)15-9-11-16(12-10-15)20-13-5-4-8-14-6-2-1-3-7-14/h9-12,14H,1-8,13H2. The van der Waals surface area contributed by atoms with Gasteiger partial charge < -0.3 is 4.74 Å². The molecule has 0 N–H and O–H groups in total. The molecule has 0 heterocycles. The summed E-state index contributed by atoms with van der Waals surface area (Å²) in [6, 6.07) is 6.30. The topological polar surface area (TPSA) is 52.4 Å². The summed E-state index contributed by atoms with van der Waals surface area (Å²) in [6.07, 6.45) is 10.6. The second-order valence-electron chi connectivity index (χ2n) is 5.60. The number of benzene rings is 1. The van der Waals surface area contributed by atoms with Gasteiger partial charge in [0.15, 0.2) is 0 Å². The maximum atomic E-state index is 10.5. The van der Waals surface area contributed by atoms with Crippen LogP contribution in [-0.4, -0.2) is 11.5 Å². The zero-order valence-corrected chi connectivity index (χ0v) is 11.9. The third-order valence-electron chi connectivity index (χ3n) is 4.05. The highest BCUT2D eigenvalue weighted by Gasteiger charge is 2.12. The van der Waals surface area contributed by atoms with Crippen LogP contribution in [0.3, 0.4) is 0 Å². The summed E-state index contributed by atoms with van der Waals surface area (Å²) in [4.78, 5) is 10.1. The van der Waals surface area contributed by atoms with Crippen molar-refractivity contribution in [2.24, 2.45) is 5.92 Å². The molecule has 4 heteroatoms. The van der Waals surface area contributed by atoms with Crippen molar-refractivity contribution < 1.29 is 9.66 Å². The molecule has 1 aliphatic rings. The fourth-order valence-corrected chi connectivity index (χ4v) is 2.86. The number of nitrogens with zero attached hydrogens (tertiary/aromatic N) is 1. The predicted octanol–water partition coefficient (Wildman–Crippen LogP) is 4.72. The molecule has 1 saturated carbocycles. The lowest BCUT2D eigenvalue weighted by Gasteiger charge is -2.21. The number of hydrogen-bond donors (Lipinski definition) is 0. The maximum absolute atomic E-state index is 10.5. The lowest BCUT2D eigenvalue weighted by Crippen LogP contribution is -2.06. The summed E-state index contributed by atoms with van der Waals surface area (Å²) >= 11 is 0. The first-order valence-corrected chi connectivity index (χ1v) is 7.63. The zero-order chi connectivity index (χ0) is 14.2. The van der Waals surface area contributed by atoms with E-state index >= 15 is 0 Å². The van der Waals surface area contributed by atoms with E-state index in [1.807, 2.05) is 0 Å². The Kier molecular flexibility index (Phi) is 5.84. The van der Waals surface area contributed by atoms with Gasteiger partial charge in [-0.25, -0.2) is 0 Å². The van der Waals surface area contributed by atoms with E-state index in [9.17, 15) is 10.1 Å². The molecule has 0 amide bonds. The van der Waals surface area contributed by atoms with Gasteiger partial charge in [0.1, 0.15) is 5.75 Å². The lowest BCUT2D eigenvalue weighted by molar-refractivity contribution is -0.384. The maximum Gasteiger partial charge on any atom is 0.269 e. The molecule has 0 unspecified atom stereocenters. The largest absolute Gasteiger partial charge is 0.494 e. The first-order valence-electron chi connectivity index (χ1n) is 7.63. The van der Waals surface area contributed by atoms with Crippen molar-refractivity contribution >= 4 is 5.69 Å². The van der Waals surface area contributed by atoms with Crippen LogP contribution in [0.1, 0.15) is 51.4 Å². The monoisotopic (exact) mass is 277 g/mol. The molecule has 110 valence electrons. The number of nitro benzene ring substituents is 1. The average Bonchev–Trinajstić information content (AvgIpc) is 2.48. The van der Waals surface area contributed by atoms with E-state index < -0.39 is 4.92 Å². The molecule has 0 radical (unpaired) electrons. The summed E-state index contributed by atoms with van der Waals surface area (Å²) in [5, 5.41) is 10.5. The minimum Gasteiger partial charge on any atom is -0.494 e. The fourth-order valence-electron chi connectivity index (χ4n) is 2.86. The van der Waals surface area contributed by atoms with Gasteiger partial charge in [-0.05, 0) is 30.9 Å². The van der Waals surface area contributed by atoms with Crippen LogP contribution in [0, 0.1) is 16.0 Å². The Balaban J connectivity index is 1.59. The van der Waals surface area contributed by atoms with E-state index in [0.717, 1.165) is 12.3 Å². The molecule has 0 saturated heterocycles. The summed E-state index contributed by atoms with van der Waals surface area (Å²) in [6.45, 7) is 0.699. The van der Waals surface area contributed by atoms with E-state index in [0.29, 0.717) is 12.4 Å². The molecule has 1 aromatic carbocycles. The van der Waals surface area contributed by atoms with E-state index in [1.165, 1.54) is 57.1 Å². The average molecular weight is 277 g/mol. The molecule has 0 bridgehead atoms. The smallest absolute Gasteiger partial charge is 0.269 e. The van der Waals surface area contributed by atoms with Gasteiger partial charge in [-0.2, -0.15) is 0 Å². The van der Waals surface area contributed by atoms with Crippen LogP contribution >= 0.6 is 0 Å². The van der Waals surface area contributed by atoms with Crippen LogP contribution in [0.4, 0.5) is 5.69 Å². The minimum atomic E-state index is -0.395. The predicted molar refractivity (Wildman–Crippen MR) is 79.0 cm³/mol. The van der Waals surface area contributed by atoms with Crippen molar-refractivity contribution in [3.8, 4) is 5.75 Å². The fraction of sp³-hybridized carbons (Fsp3) is 0.625. The molecule has 2 rings (SSSR count). The quantitative estimate of drug-likeness (QED) is 0.411. The second-order valence-corrected chi connectivity index (χ2v) is 5.60. The molecular weight excluding hydrogens is 254 g/mol. The summed E-state index contributed by atoms with van der Waals surface area (Å²) in [5.41, 5.74) is 0.106. The highest BCUT2D eigenvalue weighted by Crippen LogP contribution is 2.27. The van der Waals surface area contributed by atoms with Crippen molar-refractivity contribution in [1.29, 1.82) is 0 Å². The normalized spacial score (nSPS) is 16.0. The summed E-state index contributed by atoms with van der Waals surface area (Å²) in [5.74, 6) is 1.65. The Bertz CT molecular complexity index is 410. The van der Waals surface area contributed by atoms with E-state index in [-0.39, 0.29) is 5.69 Å². The molecule has 0 atom stereocenters. The second kappa shape index (κ2) is 7.88. The summed E-state index contributed by atoms with van der Waals surface area (Å²) in [7, 11) is 0. The molecule has 20 heavy (non-hydrogen) atoms. The number of unbranched alkanes of at least 4 members (excludes halogenated alkanes) is 1. The third kappa shape index (κ3) is 4.83. The van der Waals surface area contributed by atoms with E-state index in [1.54, 1.807) is 12.1 Å². The number of rotatable bonds is 7. The Morgan fingerprint density at radius 3 is 2.45 bits per heavy atom. The molecule has 1 aromatic rings. The van der Waals surface area contributed by atoms with Gasteiger partial charge in [0, 0.05) is 12.1 Å². The molecule has 0 spiro atoms. The van der Waals surface area contributed by atoms with Gasteiger partial charge in [0.25, 0.3) is 5.69 Å². The van der Waals surface area contributed by atoms with Crippen molar-refractivity contribution in [3.63, 3.8) is 0 Å². The van der Waals surface area contributed by atoms with Crippen LogP contribution in [-0.2, 0) is 0 Å². The molecule has 1 fully saturated rings. The van der Waals surface area contributed by atoms with Crippen LogP contribution in [0.25, 0.3) is 0 Å². The molecule has 1 aliphatic carbocycles. The molecule has 4 nitrogen and oxygen atoms in total. The SMILES string of the molecule is O=[N+]([O-])c1ccc(OCCCCC2CCCCC2)cc1. The van der Waals surface area contributed by atoms with Crippen LogP contribution in [0.5, 0.6) is 5.75 Å². The van der Waals surface area contributed by atoms with Gasteiger partial charge in [-0.1, -0.05) is 38.5 Å². The van der Waals surface area contributed by atoms with Crippen LogP contribution in [0.15, 0.2) is 24.3 Å². The van der Waals surface area contributed by atoms with Gasteiger partial charge in [-0.15, -0.1) is 0 Å². The first-order chi connectivity index (χ1) is 9.75. The Morgan fingerprint density at radius 2 is 1.80 bits per heavy atom. The van der Waals surface area contributed by atoms with Crippen LogP contribution < -0.4 is 4.74 Å². The highest BCUT2D eigenvalue weighted by atomic mass is 16.6. The zero-order valence-electron chi connectivity index (χ0n) is 11.9. The van der Waals surface area contributed by atoms with Gasteiger partial charge in [0.2, 0.25) is 0 Å². The Labute approximate surface area is 120 Å². The molecule has 0 aliphatic heterocycles. The van der Waals surface area contributed by atoms with E-state index in [2.05, 4.69) is 0 Å². The molecule has 0 aromatic heterocycles. The number of non-ortho nitro benzene ring substituents is 1. The number of hydrogen-bond acceptors (Lipinski definition) is 3. The van der Waals surface area contributed by atoms with E-state index in [4.69, 9.17) is 4.74 Å². The van der Waals surface area contributed by atoms with Crippen LogP contribution in [0.2, 0.25) is 0 Å². The third-order valence-corrected chi connectivity index (χ3v) is 4.05. The molecular formula is C16H23NO3. The number of nitro groups is 1. The van der Waals surface area contributed by atoms with Crippen molar-refractivity contribution in [3.05, 3.63) is 34.4 Å². The number of ether oxygens (including phenoxy) is 1. The Morgan fingerprint density at radius 1 is 1.10 bits per heavy atom. The first kappa shape index (κ1) is 14.8. The summed E-state index contributed by atoms with van der Waals surface area (Å²) < 4.78 is 5.61. The highest BCUT2D eigenvalue weighted by molar-refractivity contribution is 5.35.